The first kappa shape index (κ1) is 14.1. The van der Waals surface area contributed by atoms with Crippen LogP contribution in [-0.4, -0.2) is 35.0 Å². The minimum atomic E-state index is -1.00. The number of hydrogen-bond donors (Lipinski definition) is 1. The predicted octanol–water partition coefficient (Wildman–Crippen LogP) is 2.76. The Morgan fingerprint density at radius 3 is 2.30 bits per heavy atom. The van der Waals surface area contributed by atoms with Crippen molar-refractivity contribution >= 4 is 11.7 Å². The van der Waals surface area contributed by atoms with E-state index in [1.54, 1.807) is 10.7 Å². The van der Waals surface area contributed by atoms with Crippen LogP contribution in [0.5, 0.6) is 0 Å². The Balaban J connectivity index is 2.47. The average molecular weight is 273 g/mol. The Labute approximate surface area is 118 Å². The zero-order valence-corrected chi connectivity index (χ0v) is 12.2. The molecule has 1 aromatic carbocycles. The number of carbonyl (C=O) groups is 1. The van der Waals surface area contributed by atoms with Crippen LogP contribution >= 0.6 is 0 Å². The van der Waals surface area contributed by atoms with E-state index in [0.29, 0.717) is 0 Å². The molecule has 0 atom stereocenters. The van der Waals surface area contributed by atoms with E-state index in [1.165, 1.54) is 0 Å². The van der Waals surface area contributed by atoms with Gasteiger partial charge in [-0.1, -0.05) is 13.8 Å². The van der Waals surface area contributed by atoms with Crippen molar-refractivity contribution in [3.63, 3.8) is 0 Å². The van der Waals surface area contributed by atoms with Gasteiger partial charge in [-0.25, -0.2) is 9.48 Å². The van der Waals surface area contributed by atoms with Crippen LogP contribution in [-0.2, 0) is 0 Å². The molecule has 20 heavy (non-hydrogen) atoms. The van der Waals surface area contributed by atoms with Crippen molar-refractivity contribution in [3.8, 4) is 5.69 Å². The van der Waals surface area contributed by atoms with Gasteiger partial charge < -0.3 is 10.0 Å². The monoisotopic (exact) mass is 273 g/mol. The maximum absolute atomic E-state index is 11.1. The van der Waals surface area contributed by atoms with Crippen molar-refractivity contribution < 1.29 is 9.90 Å². The van der Waals surface area contributed by atoms with Crippen LogP contribution in [0.25, 0.3) is 5.69 Å². The van der Waals surface area contributed by atoms with Gasteiger partial charge in [-0.05, 0) is 36.2 Å². The van der Waals surface area contributed by atoms with Gasteiger partial charge in [0.25, 0.3) is 0 Å². The van der Waals surface area contributed by atoms with Gasteiger partial charge in [-0.3, -0.25) is 0 Å². The highest BCUT2D eigenvalue weighted by atomic mass is 16.4. The minimum Gasteiger partial charge on any atom is -0.476 e. The number of hydrogen-bond acceptors (Lipinski definition) is 3. The standard InChI is InChI=1S/C15H19N3O2/c1-10(2)14-9-13(15(19)20)16-18(14)12-7-5-11(6-8-12)17(3)4/h5-10H,1-4H3,(H,19,20). The number of aromatic carboxylic acids is 1. The molecule has 0 saturated heterocycles. The van der Waals surface area contributed by atoms with Gasteiger partial charge in [-0.15, -0.1) is 0 Å². The third kappa shape index (κ3) is 2.66. The predicted molar refractivity (Wildman–Crippen MR) is 78.9 cm³/mol. The first-order valence-corrected chi connectivity index (χ1v) is 6.51. The molecule has 0 aliphatic rings. The number of aromatic nitrogens is 2. The van der Waals surface area contributed by atoms with Gasteiger partial charge in [0.15, 0.2) is 5.69 Å². The summed E-state index contributed by atoms with van der Waals surface area (Å²) in [6.07, 6.45) is 0. The second-order valence-electron chi connectivity index (χ2n) is 5.24. The number of carboxylic acid groups (broad SMARTS) is 1. The molecule has 0 aliphatic carbocycles. The van der Waals surface area contributed by atoms with Crippen molar-refractivity contribution in [2.45, 2.75) is 19.8 Å². The molecule has 106 valence electrons. The fourth-order valence-electron chi connectivity index (χ4n) is 2.01. The third-order valence-electron chi connectivity index (χ3n) is 3.16. The smallest absolute Gasteiger partial charge is 0.356 e. The lowest BCUT2D eigenvalue weighted by atomic mass is 10.1. The summed E-state index contributed by atoms with van der Waals surface area (Å²) >= 11 is 0. The fourth-order valence-corrected chi connectivity index (χ4v) is 2.01. The average Bonchev–Trinajstić information content (AvgIpc) is 2.84. The number of anilines is 1. The van der Waals surface area contributed by atoms with Gasteiger partial charge >= 0.3 is 5.97 Å². The second-order valence-corrected chi connectivity index (χ2v) is 5.24. The number of carboxylic acids is 1. The van der Waals surface area contributed by atoms with Crippen LogP contribution in [0.1, 0.15) is 35.9 Å². The molecule has 0 aliphatic heterocycles. The van der Waals surface area contributed by atoms with E-state index in [0.717, 1.165) is 17.1 Å². The number of nitrogens with zero attached hydrogens (tertiary/aromatic N) is 3. The molecule has 5 heteroatoms. The Hall–Kier alpha value is -2.30. The quantitative estimate of drug-likeness (QED) is 0.930. The topological polar surface area (TPSA) is 58.4 Å². The summed E-state index contributed by atoms with van der Waals surface area (Å²) in [4.78, 5) is 13.1. The van der Waals surface area contributed by atoms with Crippen molar-refractivity contribution in [2.75, 3.05) is 19.0 Å². The van der Waals surface area contributed by atoms with E-state index in [-0.39, 0.29) is 11.6 Å². The summed E-state index contributed by atoms with van der Waals surface area (Å²) in [6.45, 7) is 4.04. The lowest BCUT2D eigenvalue weighted by Gasteiger charge is -2.14. The normalized spacial score (nSPS) is 10.8. The molecule has 5 nitrogen and oxygen atoms in total. The Morgan fingerprint density at radius 1 is 1.25 bits per heavy atom. The molecule has 0 bridgehead atoms. The largest absolute Gasteiger partial charge is 0.476 e. The first-order chi connectivity index (χ1) is 9.40. The molecule has 0 fully saturated rings. The summed E-state index contributed by atoms with van der Waals surface area (Å²) in [5.41, 5.74) is 2.92. The number of benzene rings is 1. The van der Waals surface area contributed by atoms with E-state index >= 15 is 0 Å². The third-order valence-corrected chi connectivity index (χ3v) is 3.16. The molecule has 0 amide bonds. The minimum absolute atomic E-state index is 0.0744. The highest BCUT2D eigenvalue weighted by Crippen LogP contribution is 2.22. The molecule has 0 spiro atoms. The molecule has 1 aromatic heterocycles. The zero-order valence-electron chi connectivity index (χ0n) is 12.2. The molecule has 0 unspecified atom stereocenters. The molecule has 2 rings (SSSR count). The van der Waals surface area contributed by atoms with Crippen LogP contribution in [0.2, 0.25) is 0 Å². The van der Waals surface area contributed by atoms with E-state index in [2.05, 4.69) is 5.10 Å². The van der Waals surface area contributed by atoms with Gasteiger partial charge in [0.2, 0.25) is 0 Å². The summed E-state index contributed by atoms with van der Waals surface area (Å²) in [5, 5.41) is 13.3. The Morgan fingerprint density at radius 2 is 1.85 bits per heavy atom. The van der Waals surface area contributed by atoms with Gasteiger partial charge in [0.1, 0.15) is 0 Å². The lowest BCUT2D eigenvalue weighted by Crippen LogP contribution is -2.09. The van der Waals surface area contributed by atoms with E-state index in [4.69, 9.17) is 5.11 Å². The van der Waals surface area contributed by atoms with Crippen LogP contribution in [0.3, 0.4) is 0 Å². The van der Waals surface area contributed by atoms with Crippen LogP contribution in [0.4, 0.5) is 5.69 Å². The maximum Gasteiger partial charge on any atom is 0.356 e. The molecular formula is C15H19N3O2. The summed E-state index contributed by atoms with van der Waals surface area (Å²) in [7, 11) is 3.95. The molecule has 0 saturated carbocycles. The zero-order chi connectivity index (χ0) is 14.9. The molecular weight excluding hydrogens is 254 g/mol. The maximum atomic E-state index is 11.1. The van der Waals surface area contributed by atoms with Gasteiger partial charge in [-0.2, -0.15) is 5.10 Å². The first-order valence-electron chi connectivity index (χ1n) is 6.51. The Bertz CT molecular complexity index is 613. The fraction of sp³-hybridized carbons (Fsp3) is 0.333. The summed E-state index contributed by atoms with van der Waals surface area (Å²) < 4.78 is 1.70. The highest BCUT2D eigenvalue weighted by Gasteiger charge is 2.16. The van der Waals surface area contributed by atoms with Crippen molar-refractivity contribution in [1.29, 1.82) is 0 Å². The van der Waals surface area contributed by atoms with E-state index < -0.39 is 5.97 Å². The summed E-state index contributed by atoms with van der Waals surface area (Å²) in [6, 6.07) is 9.50. The van der Waals surface area contributed by atoms with Crippen LogP contribution in [0.15, 0.2) is 30.3 Å². The lowest BCUT2D eigenvalue weighted by molar-refractivity contribution is 0.0690. The molecule has 1 N–H and O–H groups in total. The molecule has 0 radical (unpaired) electrons. The van der Waals surface area contributed by atoms with Crippen molar-refractivity contribution in [3.05, 3.63) is 41.7 Å². The van der Waals surface area contributed by atoms with Gasteiger partial charge in [0, 0.05) is 25.5 Å². The van der Waals surface area contributed by atoms with Crippen LogP contribution < -0.4 is 4.90 Å². The highest BCUT2D eigenvalue weighted by molar-refractivity contribution is 5.85. The van der Waals surface area contributed by atoms with E-state index in [9.17, 15) is 4.79 Å². The summed E-state index contributed by atoms with van der Waals surface area (Å²) in [5.74, 6) is -0.806. The van der Waals surface area contributed by atoms with Gasteiger partial charge in [0.05, 0.1) is 5.69 Å². The van der Waals surface area contributed by atoms with E-state index in [1.807, 2.05) is 57.1 Å². The molecule has 1 heterocycles. The van der Waals surface area contributed by atoms with Crippen LogP contribution in [0, 0.1) is 0 Å². The SMILES string of the molecule is CC(C)c1cc(C(=O)O)nn1-c1ccc(N(C)C)cc1. The second kappa shape index (κ2) is 5.36. The Kier molecular flexibility index (Phi) is 3.79. The van der Waals surface area contributed by atoms with Crippen molar-refractivity contribution in [2.24, 2.45) is 0 Å². The molecule has 2 aromatic rings. The van der Waals surface area contributed by atoms with Crippen molar-refractivity contribution in [1.82, 2.24) is 9.78 Å². The number of rotatable bonds is 4.